The molecule has 1 heterocycles. The first kappa shape index (κ1) is 25.4. The first-order chi connectivity index (χ1) is 15.0. The minimum absolute atomic E-state index is 0.0992. The lowest BCUT2D eigenvalue weighted by molar-refractivity contribution is -0.135. The van der Waals surface area contributed by atoms with Crippen LogP contribution in [0.3, 0.4) is 0 Å². The van der Waals surface area contributed by atoms with Crippen molar-refractivity contribution in [3.05, 3.63) is 47.6 Å². The number of hydrogen-bond donors (Lipinski definition) is 4. The van der Waals surface area contributed by atoms with E-state index >= 15 is 0 Å². The van der Waals surface area contributed by atoms with Crippen LogP contribution in [0.2, 0.25) is 0 Å². The molecule has 1 aliphatic heterocycles. The molecule has 2 amide bonds. The number of nitrogens with zero attached hydrogens (tertiary/aromatic N) is 1. The molecule has 0 aromatic carbocycles. The fourth-order valence-electron chi connectivity index (χ4n) is 3.42. The summed E-state index contributed by atoms with van der Waals surface area (Å²) < 4.78 is 5.99. The summed E-state index contributed by atoms with van der Waals surface area (Å²) in [4.78, 5) is 27.1. The van der Waals surface area contributed by atoms with Gasteiger partial charge in [0, 0.05) is 25.2 Å². The van der Waals surface area contributed by atoms with Crippen molar-refractivity contribution in [2.24, 2.45) is 5.92 Å². The smallest absolute Gasteiger partial charge is 0.251 e. The quantitative estimate of drug-likeness (QED) is 0.306. The number of carbonyl (C=O) groups excluding carboxylic acids is 2. The van der Waals surface area contributed by atoms with Crippen LogP contribution < -0.4 is 10.6 Å². The summed E-state index contributed by atoms with van der Waals surface area (Å²) in [6, 6.07) is -0.709. The molecule has 8 heteroatoms. The van der Waals surface area contributed by atoms with Gasteiger partial charge in [-0.3, -0.25) is 15.0 Å². The van der Waals surface area contributed by atoms with Crippen LogP contribution in [0.15, 0.2) is 47.6 Å². The van der Waals surface area contributed by atoms with Crippen molar-refractivity contribution < 1.29 is 19.4 Å². The summed E-state index contributed by atoms with van der Waals surface area (Å²) in [5.74, 6) is 0.790. The van der Waals surface area contributed by atoms with Crippen molar-refractivity contribution in [1.29, 1.82) is 5.41 Å². The molecule has 0 saturated heterocycles. The van der Waals surface area contributed by atoms with Gasteiger partial charge in [0.15, 0.2) is 0 Å². The molecule has 1 atom stereocenters. The van der Waals surface area contributed by atoms with Crippen LogP contribution in [0.1, 0.15) is 53.9 Å². The van der Waals surface area contributed by atoms with Gasteiger partial charge in [0.25, 0.3) is 5.91 Å². The number of hydrogen-bond acceptors (Lipinski definition) is 6. The topological polar surface area (TPSA) is 115 Å². The fraction of sp³-hybridized carbons (Fsp3) is 0.542. The largest absolute Gasteiger partial charge is 0.464 e. The lowest BCUT2D eigenvalue weighted by atomic mass is 10.0. The van der Waals surface area contributed by atoms with Gasteiger partial charge >= 0.3 is 0 Å². The van der Waals surface area contributed by atoms with Gasteiger partial charge in [0.2, 0.25) is 5.91 Å². The molecule has 0 aromatic rings. The molecule has 0 unspecified atom stereocenters. The second-order valence-electron chi connectivity index (χ2n) is 9.30. The lowest BCUT2D eigenvalue weighted by Crippen LogP contribution is -2.49. The van der Waals surface area contributed by atoms with Crippen LogP contribution in [-0.2, 0) is 14.3 Å². The molecule has 0 bridgehead atoms. The van der Waals surface area contributed by atoms with Crippen molar-refractivity contribution in [1.82, 2.24) is 15.5 Å². The normalized spacial score (nSPS) is 17.8. The Morgan fingerprint density at radius 2 is 2.12 bits per heavy atom. The molecule has 8 nitrogen and oxygen atoms in total. The van der Waals surface area contributed by atoms with Crippen LogP contribution >= 0.6 is 0 Å². The summed E-state index contributed by atoms with van der Waals surface area (Å²) >= 11 is 0. The molecule has 0 aromatic heterocycles. The fourth-order valence-corrected chi connectivity index (χ4v) is 3.42. The lowest BCUT2D eigenvalue weighted by Gasteiger charge is -2.28. The molecule has 176 valence electrons. The average Bonchev–Trinajstić information content (AvgIpc) is 3.04. The van der Waals surface area contributed by atoms with E-state index in [4.69, 9.17) is 10.1 Å². The SMILES string of the molecule is CC1=C(OC2=CC(=O)N([C@@H](CC(C)C)C(=O)NC(=N)/C=C\NCC(C)(C)O)C2)CCC=C1. The van der Waals surface area contributed by atoms with E-state index in [0.717, 1.165) is 24.2 Å². The van der Waals surface area contributed by atoms with Gasteiger partial charge in [-0.1, -0.05) is 26.0 Å². The summed E-state index contributed by atoms with van der Waals surface area (Å²) in [7, 11) is 0. The molecule has 1 aliphatic carbocycles. The van der Waals surface area contributed by atoms with Crippen molar-refractivity contribution >= 4 is 17.6 Å². The third-order valence-corrected chi connectivity index (χ3v) is 5.03. The summed E-state index contributed by atoms with van der Waals surface area (Å²) in [6.07, 6.45) is 10.6. The average molecular weight is 445 g/mol. The predicted molar refractivity (Wildman–Crippen MR) is 125 cm³/mol. The van der Waals surface area contributed by atoms with Crippen molar-refractivity contribution in [3.63, 3.8) is 0 Å². The second kappa shape index (κ2) is 11.1. The number of amidine groups is 1. The van der Waals surface area contributed by atoms with Crippen LogP contribution in [0.5, 0.6) is 0 Å². The number of rotatable bonds is 10. The van der Waals surface area contributed by atoms with E-state index in [0.29, 0.717) is 18.7 Å². The number of carbonyl (C=O) groups is 2. The highest BCUT2D eigenvalue weighted by Gasteiger charge is 2.35. The first-order valence-corrected chi connectivity index (χ1v) is 11.0. The zero-order chi connectivity index (χ0) is 23.9. The van der Waals surface area contributed by atoms with Gasteiger partial charge in [-0.2, -0.15) is 0 Å². The predicted octanol–water partition coefficient (Wildman–Crippen LogP) is 2.74. The zero-order valence-corrected chi connectivity index (χ0v) is 19.7. The molecule has 2 aliphatic rings. The standard InChI is InChI=1S/C24H36N4O4/c1-16(2)12-19(23(30)27-21(25)10-11-26-15-24(4,5)31)28-14-18(13-22(28)29)32-20-9-7-6-8-17(20)3/h6,8,10-11,13,16,19,26,31H,7,9,12,14-15H2,1-5H3,(H2,25,27,30)/b11-10-/t19-/m0/s1. The minimum atomic E-state index is -0.885. The van der Waals surface area contributed by atoms with Crippen LogP contribution in [-0.4, -0.2) is 52.4 Å². The van der Waals surface area contributed by atoms with E-state index < -0.39 is 17.6 Å². The molecule has 0 radical (unpaired) electrons. The van der Waals surface area contributed by atoms with Gasteiger partial charge in [-0.25, -0.2) is 0 Å². The van der Waals surface area contributed by atoms with Crippen LogP contribution in [0.4, 0.5) is 0 Å². The maximum Gasteiger partial charge on any atom is 0.251 e. The Labute approximate surface area is 190 Å². The molecule has 4 N–H and O–H groups in total. The number of ether oxygens (including phenoxy) is 1. The molecule has 2 rings (SSSR count). The number of allylic oxidation sites excluding steroid dienone is 4. The summed E-state index contributed by atoms with van der Waals surface area (Å²) in [6.45, 7) is 9.81. The molecule has 0 fully saturated rings. The number of aliphatic hydroxyl groups is 1. The third kappa shape index (κ3) is 8.00. The summed E-state index contributed by atoms with van der Waals surface area (Å²) in [5.41, 5.74) is 0.154. The molecular weight excluding hydrogens is 408 g/mol. The van der Waals surface area contributed by atoms with Crippen molar-refractivity contribution in [2.45, 2.75) is 65.5 Å². The zero-order valence-electron chi connectivity index (χ0n) is 19.7. The van der Waals surface area contributed by atoms with Crippen molar-refractivity contribution in [2.75, 3.05) is 13.1 Å². The second-order valence-corrected chi connectivity index (χ2v) is 9.30. The Morgan fingerprint density at radius 1 is 1.41 bits per heavy atom. The first-order valence-electron chi connectivity index (χ1n) is 11.0. The van der Waals surface area contributed by atoms with E-state index in [1.165, 1.54) is 23.3 Å². The Bertz CT molecular complexity index is 847. The van der Waals surface area contributed by atoms with E-state index in [2.05, 4.69) is 16.7 Å². The Hall–Kier alpha value is -2.87. The van der Waals surface area contributed by atoms with Crippen molar-refractivity contribution in [3.8, 4) is 0 Å². The monoisotopic (exact) mass is 444 g/mol. The molecule has 0 spiro atoms. The highest BCUT2D eigenvalue weighted by atomic mass is 16.5. The Morgan fingerprint density at radius 3 is 2.75 bits per heavy atom. The van der Waals surface area contributed by atoms with Gasteiger partial charge in [0.1, 0.15) is 23.4 Å². The molecule has 32 heavy (non-hydrogen) atoms. The van der Waals surface area contributed by atoms with E-state index in [1.807, 2.05) is 26.8 Å². The van der Waals surface area contributed by atoms with Crippen LogP contribution in [0, 0.1) is 11.3 Å². The summed E-state index contributed by atoms with van der Waals surface area (Å²) in [5, 5.41) is 23.1. The molecular formula is C24H36N4O4. The van der Waals surface area contributed by atoms with Gasteiger partial charge in [-0.15, -0.1) is 0 Å². The highest BCUT2D eigenvalue weighted by Crippen LogP contribution is 2.26. The maximum absolute atomic E-state index is 12.9. The Balaban J connectivity index is 2.00. The third-order valence-electron chi connectivity index (χ3n) is 5.03. The Kier molecular flexibility index (Phi) is 8.83. The van der Waals surface area contributed by atoms with Crippen LogP contribution in [0.25, 0.3) is 0 Å². The molecule has 0 saturated carbocycles. The number of nitrogens with one attached hydrogen (secondary N) is 3. The van der Waals surface area contributed by atoms with Gasteiger partial charge in [0.05, 0.1) is 12.1 Å². The maximum atomic E-state index is 12.9. The van der Waals surface area contributed by atoms with E-state index in [1.54, 1.807) is 13.8 Å². The minimum Gasteiger partial charge on any atom is -0.464 e. The van der Waals surface area contributed by atoms with E-state index in [9.17, 15) is 14.7 Å². The highest BCUT2D eigenvalue weighted by molar-refractivity contribution is 6.05. The van der Waals surface area contributed by atoms with E-state index in [-0.39, 0.29) is 24.2 Å². The van der Waals surface area contributed by atoms with Gasteiger partial charge < -0.3 is 25.4 Å². The van der Waals surface area contributed by atoms with Gasteiger partial charge in [-0.05, 0) is 51.2 Å². The number of amides is 2.